The zero-order chi connectivity index (χ0) is 18.5. The van der Waals surface area contributed by atoms with Crippen LogP contribution in [-0.2, 0) is 17.9 Å². The minimum atomic E-state index is -0.301. The van der Waals surface area contributed by atoms with Gasteiger partial charge in [0.05, 0.1) is 5.69 Å². The maximum atomic E-state index is 12.2. The number of nitrogens with zero attached hydrogens (tertiary/aromatic N) is 1. The summed E-state index contributed by atoms with van der Waals surface area (Å²) in [5.41, 5.74) is 3.45. The number of anilines is 2. The smallest absolute Gasteiger partial charge is 0.319 e. The molecule has 2 aromatic carbocycles. The number of carbonyl (C=O) groups is 2. The van der Waals surface area contributed by atoms with Crippen molar-refractivity contribution in [3.63, 3.8) is 0 Å². The Labute approximate surface area is 152 Å². The van der Waals surface area contributed by atoms with Crippen LogP contribution < -0.4 is 20.7 Å². The quantitative estimate of drug-likeness (QED) is 0.770. The van der Waals surface area contributed by atoms with Crippen molar-refractivity contribution in [2.75, 3.05) is 31.3 Å². The highest BCUT2D eigenvalue weighted by molar-refractivity contribution is 5.96. The molecule has 3 amide bonds. The second kappa shape index (κ2) is 7.88. The molecule has 7 heteroatoms. The van der Waals surface area contributed by atoms with Crippen LogP contribution in [0.5, 0.6) is 5.75 Å². The Hall–Kier alpha value is -3.06. The zero-order valence-electron chi connectivity index (χ0n) is 14.8. The van der Waals surface area contributed by atoms with Gasteiger partial charge in [0.2, 0.25) is 0 Å². The second-order valence-corrected chi connectivity index (χ2v) is 6.36. The number of benzene rings is 2. The van der Waals surface area contributed by atoms with Crippen molar-refractivity contribution in [1.29, 1.82) is 0 Å². The van der Waals surface area contributed by atoms with Crippen molar-refractivity contribution in [3.8, 4) is 5.75 Å². The maximum Gasteiger partial charge on any atom is 0.319 e. The highest BCUT2D eigenvalue weighted by atomic mass is 16.5. The fourth-order valence-electron chi connectivity index (χ4n) is 2.73. The predicted molar refractivity (Wildman–Crippen MR) is 100 cm³/mol. The standard InChI is InChI=1S/C19H22N4O3/c1-23(2)11-14-6-4-3-5-13(14)10-20-19(25)21-15-7-8-16-17(9-15)26-12-18(24)22-16/h3-9H,10-12H2,1-2H3,(H,22,24)(H2,20,21,25). The predicted octanol–water partition coefficient (Wildman–Crippen LogP) is 2.40. The fourth-order valence-corrected chi connectivity index (χ4v) is 2.73. The minimum Gasteiger partial charge on any atom is -0.482 e. The van der Waals surface area contributed by atoms with E-state index in [-0.39, 0.29) is 18.5 Å². The zero-order valence-corrected chi connectivity index (χ0v) is 14.8. The van der Waals surface area contributed by atoms with Gasteiger partial charge in [-0.25, -0.2) is 4.79 Å². The van der Waals surface area contributed by atoms with Crippen molar-refractivity contribution < 1.29 is 14.3 Å². The number of hydrogen-bond donors (Lipinski definition) is 3. The van der Waals surface area contributed by atoms with Crippen LogP contribution in [0, 0.1) is 0 Å². The minimum absolute atomic E-state index is 0.0225. The molecule has 0 saturated carbocycles. The van der Waals surface area contributed by atoms with Gasteiger partial charge in [-0.3, -0.25) is 4.79 Å². The maximum absolute atomic E-state index is 12.2. The Morgan fingerprint density at radius 2 is 1.96 bits per heavy atom. The van der Waals surface area contributed by atoms with Crippen LogP contribution in [0.25, 0.3) is 0 Å². The lowest BCUT2D eigenvalue weighted by Gasteiger charge is -2.19. The monoisotopic (exact) mass is 354 g/mol. The summed E-state index contributed by atoms with van der Waals surface area (Å²) >= 11 is 0. The van der Waals surface area contributed by atoms with E-state index in [1.54, 1.807) is 18.2 Å². The first kappa shape index (κ1) is 17.8. The number of carbonyl (C=O) groups excluding carboxylic acids is 2. The number of nitrogens with one attached hydrogen (secondary N) is 3. The molecule has 0 aliphatic carbocycles. The van der Waals surface area contributed by atoms with E-state index in [1.165, 1.54) is 5.56 Å². The Morgan fingerprint density at radius 1 is 1.19 bits per heavy atom. The van der Waals surface area contributed by atoms with Gasteiger partial charge in [-0.1, -0.05) is 24.3 Å². The summed E-state index contributed by atoms with van der Waals surface area (Å²) in [4.78, 5) is 25.6. The number of hydrogen-bond acceptors (Lipinski definition) is 4. The molecule has 0 unspecified atom stereocenters. The number of fused-ring (bicyclic) bond motifs is 1. The molecule has 0 fully saturated rings. The lowest BCUT2D eigenvalue weighted by atomic mass is 10.1. The third-order valence-corrected chi connectivity index (χ3v) is 3.92. The molecule has 1 heterocycles. The van der Waals surface area contributed by atoms with Gasteiger partial charge in [-0.05, 0) is 37.4 Å². The summed E-state index contributed by atoms with van der Waals surface area (Å²) in [7, 11) is 4.02. The Bertz CT molecular complexity index is 820. The summed E-state index contributed by atoms with van der Waals surface area (Å²) in [6.45, 7) is 1.23. The SMILES string of the molecule is CN(C)Cc1ccccc1CNC(=O)Nc1ccc2c(c1)OCC(=O)N2. The van der Waals surface area contributed by atoms with Gasteiger partial charge in [-0.15, -0.1) is 0 Å². The number of amides is 3. The number of ether oxygens (including phenoxy) is 1. The summed E-state index contributed by atoms with van der Waals surface area (Å²) in [6, 6.07) is 12.8. The van der Waals surface area contributed by atoms with E-state index in [2.05, 4.69) is 26.9 Å². The van der Waals surface area contributed by atoms with Gasteiger partial charge in [0.15, 0.2) is 6.61 Å². The summed E-state index contributed by atoms with van der Waals surface area (Å²) in [5, 5.41) is 8.36. The Balaban J connectivity index is 1.59. The van der Waals surface area contributed by atoms with Crippen molar-refractivity contribution in [2.45, 2.75) is 13.1 Å². The first-order chi connectivity index (χ1) is 12.5. The van der Waals surface area contributed by atoms with E-state index in [4.69, 9.17) is 4.74 Å². The third-order valence-electron chi connectivity index (χ3n) is 3.92. The van der Waals surface area contributed by atoms with Gasteiger partial charge in [-0.2, -0.15) is 0 Å². The Kier molecular flexibility index (Phi) is 5.38. The van der Waals surface area contributed by atoms with Gasteiger partial charge in [0.25, 0.3) is 5.91 Å². The molecule has 0 radical (unpaired) electrons. The summed E-state index contributed by atoms with van der Waals surface area (Å²) in [5.74, 6) is 0.353. The molecule has 26 heavy (non-hydrogen) atoms. The molecule has 0 aromatic heterocycles. The molecule has 3 N–H and O–H groups in total. The van der Waals surface area contributed by atoms with E-state index in [0.717, 1.165) is 12.1 Å². The van der Waals surface area contributed by atoms with Crippen molar-refractivity contribution >= 4 is 23.3 Å². The lowest BCUT2D eigenvalue weighted by Crippen LogP contribution is -2.29. The van der Waals surface area contributed by atoms with Gasteiger partial charge in [0, 0.05) is 24.8 Å². The topological polar surface area (TPSA) is 82.7 Å². The van der Waals surface area contributed by atoms with Crippen LogP contribution in [0.4, 0.5) is 16.2 Å². The van der Waals surface area contributed by atoms with Gasteiger partial charge < -0.3 is 25.6 Å². The largest absolute Gasteiger partial charge is 0.482 e. The van der Waals surface area contributed by atoms with Crippen LogP contribution in [-0.4, -0.2) is 37.5 Å². The highest BCUT2D eigenvalue weighted by Crippen LogP contribution is 2.30. The molecule has 136 valence electrons. The van der Waals surface area contributed by atoms with E-state index in [1.807, 2.05) is 32.3 Å². The molecule has 3 rings (SSSR count). The van der Waals surface area contributed by atoms with Crippen LogP contribution in [0.1, 0.15) is 11.1 Å². The Morgan fingerprint density at radius 3 is 2.73 bits per heavy atom. The molecular formula is C19H22N4O3. The van der Waals surface area contributed by atoms with E-state index in [0.29, 0.717) is 23.7 Å². The fraction of sp³-hybridized carbons (Fsp3) is 0.263. The molecule has 1 aliphatic heterocycles. The molecular weight excluding hydrogens is 332 g/mol. The van der Waals surface area contributed by atoms with Crippen molar-refractivity contribution in [3.05, 3.63) is 53.6 Å². The van der Waals surface area contributed by atoms with E-state index in [9.17, 15) is 9.59 Å². The normalized spacial score (nSPS) is 12.8. The average Bonchev–Trinajstić information content (AvgIpc) is 2.60. The first-order valence-electron chi connectivity index (χ1n) is 8.34. The van der Waals surface area contributed by atoms with Crippen LogP contribution in [0.3, 0.4) is 0 Å². The summed E-state index contributed by atoms with van der Waals surface area (Å²) in [6.07, 6.45) is 0. The number of urea groups is 1. The van der Waals surface area contributed by atoms with Crippen LogP contribution >= 0.6 is 0 Å². The van der Waals surface area contributed by atoms with E-state index >= 15 is 0 Å². The second-order valence-electron chi connectivity index (χ2n) is 6.36. The van der Waals surface area contributed by atoms with Crippen molar-refractivity contribution in [1.82, 2.24) is 10.2 Å². The molecule has 0 atom stereocenters. The molecule has 0 spiro atoms. The number of rotatable bonds is 5. The average molecular weight is 354 g/mol. The molecule has 7 nitrogen and oxygen atoms in total. The van der Waals surface area contributed by atoms with Crippen LogP contribution in [0.2, 0.25) is 0 Å². The molecule has 2 aromatic rings. The van der Waals surface area contributed by atoms with E-state index < -0.39 is 0 Å². The van der Waals surface area contributed by atoms with Crippen molar-refractivity contribution in [2.24, 2.45) is 0 Å². The highest BCUT2D eigenvalue weighted by Gasteiger charge is 2.16. The molecule has 1 aliphatic rings. The lowest BCUT2D eigenvalue weighted by molar-refractivity contribution is -0.118. The summed E-state index contributed by atoms with van der Waals surface area (Å²) < 4.78 is 5.35. The van der Waals surface area contributed by atoms with Crippen LogP contribution in [0.15, 0.2) is 42.5 Å². The molecule has 0 bridgehead atoms. The van der Waals surface area contributed by atoms with Gasteiger partial charge >= 0.3 is 6.03 Å². The first-order valence-corrected chi connectivity index (χ1v) is 8.34. The molecule has 0 saturated heterocycles. The van der Waals surface area contributed by atoms with Gasteiger partial charge in [0.1, 0.15) is 5.75 Å². The third kappa shape index (κ3) is 4.52.